The van der Waals surface area contributed by atoms with Crippen molar-refractivity contribution >= 4 is 21.8 Å². The molecule has 1 aliphatic heterocycles. The SMILES string of the molecule is Cc1ccc(CN2CCN(C(=O)C34CC5CC(C3)CC(n3cnc(Br)n3)(C5)C4)CC2)cc1. The van der Waals surface area contributed by atoms with Crippen molar-refractivity contribution in [3.63, 3.8) is 0 Å². The minimum absolute atomic E-state index is 0.0218. The second-order valence-corrected chi connectivity index (χ2v) is 11.7. The molecule has 7 heteroatoms. The van der Waals surface area contributed by atoms with Crippen LogP contribution in [0.4, 0.5) is 0 Å². The van der Waals surface area contributed by atoms with Crippen molar-refractivity contribution < 1.29 is 4.79 Å². The van der Waals surface area contributed by atoms with E-state index in [9.17, 15) is 4.79 Å². The Bertz CT molecular complexity index is 996. The lowest BCUT2D eigenvalue weighted by atomic mass is 9.46. The molecule has 7 rings (SSSR count). The zero-order valence-electron chi connectivity index (χ0n) is 18.8. The van der Waals surface area contributed by atoms with Crippen molar-refractivity contribution in [2.75, 3.05) is 26.2 Å². The van der Waals surface area contributed by atoms with Gasteiger partial charge in [-0.05, 0) is 78.8 Å². The van der Waals surface area contributed by atoms with Gasteiger partial charge < -0.3 is 4.90 Å². The van der Waals surface area contributed by atoms with E-state index in [1.807, 2.05) is 6.33 Å². The number of aryl methyl sites for hydroxylation is 1. The predicted molar refractivity (Wildman–Crippen MR) is 126 cm³/mol. The molecule has 32 heavy (non-hydrogen) atoms. The van der Waals surface area contributed by atoms with Crippen molar-refractivity contribution in [1.29, 1.82) is 0 Å². The Morgan fingerprint density at radius 2 is 1.75 bits per heavy atom. The van der Waals surface area contributed by atoms with Crippen LogP contribution in [0.3, 0.4) is 0 Å². The van der Waals surface area contributed by atoms with Gasteiger partial charge in [-0.3, -0.25) is 9.69 Å². The second kappa shape index (κ2) is 7.66. The first-order valence-electron chi connectivity index (χ1n) is 12.1. The number of halogens is 1. The lowest BCUT2D eigenvalue weighted by molar-refractivity contribution is -0.168. The molecule has 2 unspecified atom stereocenters. The number of hydrogen-bond donors (Lipinski definition) is 0. The van der Waals surface area contributed by atoms with Gasteiger partial charge in [0.15, 0.2) is 0 Å². The third-order valence-electron chi connectivity index (χ3n) is 8.62. The van der Waals surface area contributed by atoms with E-state index in [1.54, 1.807) is 0 Å². The highest BCUT2D eigenvalue weighted by molar-refractivity contribution is 9.10. The van der Waals surface area contributed by atoms with E-state index in [0.29, 0.717) is 22.5 Å². The molecule has 1 aromatic heterocycles. The number of carbonyl (C=O) groups excluding carboxylic acids is 1. The first kappa shape index (κ1) is 20.8. The predicted octanol–water partition coefficient (Wildman–Crippen LogP) is 3.99. The third-order valence-corrected chi connectivity index (χ3v) is 8.98. The largest absolute Gasteiger partial charge is 0.340 e. The highest BCUT2D eigenvalue weighted by atomic mass is 79.9. The summed E-state index contributed by atoms with van der Waals surface area (Å²) in [6, 6.07) is 8.83. The molecule has 5 aliphatic rings. The first-order chi connectivity index (χ1) is 15.4. The van der Waals surface area contributed by atoms with Crippen molar-refractivity contribution in [1.82, 2.24) is 24.6 Å². The van der Waals surface area contributed by atoms with Gasteiger partial charge in [-0.15, -0.1) is 5.10 Å². The molecule has 2 aromatic rings. The molecule has 2 heterocycles. The minimum Gasteiger partial charge on any atom is -0.340 e. The maximum Gasteiger partial charge on any atom is 0.228 e. The topological polar surface area (TPSA) is 54.3 Å². The van der Waals surface area contributed by atoms with Gasteiger partial charge in [0.2, 0.25) is 10.6 Å². The normalized spacial score (nSPS) is 34.2. The molecule has 4 aliphatic carbocycles. The maximum absolute atomic E-state index is 14.0. The van der Waals surface area contributed by atoms with Crippen LogP contribution in [-0.2, 0) is 16.9 Å². The van der Waals surface area contributed by atoms with Crippen molar-refractivity contribution in [2.45, 2.75) is 57.5 Å². The van der Waals surface area contributed by atoms with Crippen LogP contribution in [0.5, 0.6) is 0 Å². The molecular formula is C25H32BrN5O. The van der Waals surface area contributed by atoms with Crippen molar-refractivity contribution in [3.8, 4) is 0 Å². The molecule has 5 fully saturated rings. The van der Waals surface area contributed by atoms with Crippen molar-refractivity contribution in [3.05, 3.63) is 46.5 Å². The summed E-state index contributed by atoms with van der Waals surface area (Å²) in [7, 11) is 0. The summed E-state index contributed by atoms with van der Waals surface area (Å²) in [5.74, 6) is 1.71. The summed E-state index contributed by atoms with van der Waals surface area (Å²) in [5, 5.41) is 4.65. The fourth-order valence-corrected chi connectivity index (χ4v) is 7.86. The van der Waals surface area contributed by atoms with E-state index in [-0.39, 0.29) is 11.0 Å². The Morgan fingerprint density at radius 1 is 1.06 bits per heavy atom. The average Bonchev–Trinajstić information content (AvgIpc) is 3.22. The van der Waals surface area contributed by atoms with Gasteiger partial charge >= 0.3 is 0 Å². The van der Waals surface area contributed by atoms with Crippen LogP contribution in [0, 0.1) is 24.2 Å². The van der Waals surface area contributed by atoms with Gasteiger partial charge in [-0.25, -0.2) is 9.67 Å². The standard InChI is InChI=1S/C25H32BrN5O/c1-18-2-4-19(5-3-18)15-29-6-8-30(9-7-29)22(32)24-11-20-10-21(12-24)14-25(13-20,16-24)31-17-27-23(26)28-31/h2-5,17,20-21H,6-16H2,1H3. The summed E-state index contributed by atoms with van der Waals surface area (Å²) in [6.07, 6.45) is 8.55. The quantitative estimate of drug-likeness (QED) is 0.640. The third kappa shape index (κ3) is 3.52. The Morgan fingerprint density at radius 3 is 2.38 bits per heavy atom. The molecule has 6 nitrogen and oxygen atoms in total. The first-order valence-corrected chi connectivity index (χ1v) is 12.9. The van der Waals surface area contributed by atoms with E-state index in [0.717, 1.165) is 64.8 Å². The van der Waals surface area contributed by atoms with Gasteiger partial charge in [0.1, 0.15) is 6.33 Å². The van der Waals surface area contributed by atoms with Gasteiger partial charge in [0, 0.05) is 32.7 Å². The molecule has 170 valence electrons. The van der Waals surface area contributed by atoms with E-state index in [4.69, 9.17) is 0 Å². The van der Waals surface area contributed by atoms with Gasteiger partial charge in [-0.1, -0.05) is 29.8 Å². The molecule has 1 saturated heterocycles. The molecule has 0 radical (unpaired) electrons. The Balaban J connectivity index is 1.16. The summed E-state index contributed by atoms with van der Waals surface area (Å²) < 4.78 is 2.74. The lowest BCUT2D eigenvalue weighted by Crippen LogP contribution is -2.62. The number of aromatic nitrogens is 3. The van der Waals surface area contributed by atoms with Crippen LogP contribution in [0.15, 0.2) is 35.3 Å². The molecule has 4 bridgehead atoms. The van der Waals surface area contributed by atoms with E-state index < -0.39 is 0 Å². The summed E-state index contributed by atoms with van der Waals surface area (Å²) in [4.78, 5) is 23.0. The summed E-state index contributed by atoms with van der Waals surface area (Å²) >= 11 is 3.43. The van der Waals surface area contributed by atoms with Crippen LogP contribution >= 0.6 is 15.9 Å². The molecule has 0 N–H and O–H groups in total. The number of hydrogen-bond acceptors (Lipinski definition) is 4. The Kier molecular flexibility index (Phi) is 4.99. The molecule has 2 atom stereocenters. The monoisotopic (exact) mass is 497 g/mol. The fraction of sp³-hybridized carbons (Fsp3) is 0.640. The van der Waals surface area contributed by atoms with Crippen LogP contribution in [0.25, 0.3) is 0 Å². The molecular weight excluding hydrogens is 466 g/mol. The molecule has 4 saturated carbocycles. The Labute approximate surface area is 198 Å². The average molecular weight is 498 g/mol. The molecule has 1 amide bonds. The molecule has 0 spiro atoms. The van der Waals surface area contributed by atoms with E-state index >= 15 is 0 Å². The van der Waals surface area contributed by atoms with Crippen LogP contribution in [0.1, 0.15) is 49.7 Å². The summed E-state index contributed by atoms with van der Waals surface area (Å²) in [5.41, 5.74) is 2.45. The Hall–Kier alpha value is -1.73. The maximum atomic E-state index is 14.0. The fourth-order valence-electron chi connectivity index (χ4n) is 7.60. The summed E-state index contributed by atoms with van der Waals surface area (Å²) in [6.45, 7) is 6.73. The number of piperazine rings is 1. The second-order valence-electron chi connectivity index (χ2n) is 11.0. The highest BCUT2D eigenvalue weighted by Gasteiger charge is 2.62. The lowest BCUT2D eigenvalue weighted by Gasteiger charge is -2.61. The number of rotatable bonds is 4. The minimum atomic E-state index is -0.193. The van der Waals surface area contributed by atoms with E-state index in [1.165, 1.54) is 17.5 Å². The number of carbonyl (C=O) groups is 1. The van der Waals surface area contributed by atoms with Crippen LogP contribution < -0.4 is 0 Å². The number of nitrogens with zero attached hydrogens (tertiary/aromatic N) is 5. The van der Waals surface area contributed by atoms with Gasteiger partial charge in [0.25, 0.3) is 0 Å². The van der Waals surface area contributed by atoms with Crippen LogP contribution in [0.2, 0.25) is 0 Å². The zero-order valence-corrected chi connectivity index (χ0v) is 20.4. The number of benzene rings is 1. The highest BCUT2D eigenvalue weighted by Crippen LogP contribution is 2.64. The van der Waals surface area contributed by atoms with Gasteiger partial charge in [-0.2, -0.15) is 0 Å². The van der Waals surface area contributed by atoms with Gasteiger partial charge in [0.05, 0.1) is 11.0 Å². The zero-order chi connectivity index (χ0) is 21.9. The van der Waals surface area contributed by atoms with Crippen molar-refractivity contribution in [2.24, 2.45) is 17.3 Å². The molecule has 1 aromatic carbocycles. The number of amides is 1. The smallest absolute Gasteiger partial charge is 0.228 e. The van der Waals surface area contributed by atoms with Crippen LogP contribution in [-0.4, -0.2) is 56.7 Å². The van der Waals surface area contributed by atoms with E-state index in [2.05, 4.69) is 71.7 Å².